The lowest BCUT2D eigenvalue weighted by atomic mass is 9.97. The first-order valence-electron chi connectivity index (χ1n) is 7.42. The topological polar surface area (TPSA) is 79.5 Å². The molecule has 1 aromatic carbocycles. The Kier molecular flexibility index (Phi) is 4.14. The van der Waals surface area contributed by atoms with Crippen LogP contribution in [0.5, 0.6) is 0 Å². The molecule has 0 aliphatic heterocycles. The summed E-state index contributed by atoms with van der Waals surface area (Å²) in [5.41, 5.74) is 1.06. The number of benzene rings is 1. The van der Waals surface area contributed by atoms with Gasteiger partial charge in [-0.15, -0.1) is 0 Å². The van der Waals surface area contributed by atoms with Gasteiger partial charge in [0.25, 0.3) is 5.91 Å². The fourth-order valence-corrected chi connectivity index (χ4v) is 2.98. The Morgan fingerprint density at radius 3 is 2.43 bits per heavy atom. The zero-order chi connectivity index (χ0) is 16.4. The molecule has 5 nitrogen and oxygen atoms in total. The number of rotatable bonds is 4. The van der Waals surface area contributed by atoms with Gasteiger partial charge in [0.15, 0.2) is 5.76 Å². The third kappa shape index (κ3) is 3.41. The van der Waals surface area contributed by atoms with Crippen molar-refractivity contribution in [1.29, 1.82) is 0 Å². The van der Waals surface area contributed by atoms with Crippen LogP contribution in [0.1, 0.15) is 51.9 Å². The van der Waals surface area contributed by atoms with E-state index in [-0.39, 0.29) is 29.3 Å². The molecule has 1 aliphatic carbocycles. The molecule has 1 heterocycles. The number of hydrogen-bond acceptors (Lipinski definition) is 3. The van der Waals surface area contributed by atoms with Crippen LogP contribution in [0.3, 0.4) is 0 Å². The second-order valence-electron chi connectivity index (χ2n) is 5.70. The summed E-state index contributed by atoms with van der Waals surface area (Å²) in [6.45, 7) is 0. The number of furan rings is 1. The van der Waals surface area contributed by atoms with Crippen molar-refractivity contribution < 1.29 is 23.5 Å². The molecule has 1 fully saturated rings. The SMILES string of the molecule is O=C(O)c1ccc(C(=O)NC2CCC(c3ccc(F)cc3)C2)o1. The molecule has 2 atom stereocenters. The van der Waals surface area contributed by atoms with E-state index in [4.69, 9.17) is 9.52 Å². The van der Waals surface area contributed by atoms with Gasteiger partial charge in [0.1, 0.15) is 5.82 Å². The van der Waals surface area contributed by atoms with E-state index in [0.717, 1.165) is 24.8 Å². The lowest BCUT2D eigenvalue weighted by Crippen LogP contribution is -2.32. The summed E-state index contributed by atoms with van der Waals surface area (Å²) in [7, 11) is 0. The average Bonchev–Trinajstić information content (AvgIpc) is 3.17. The average molecular weight is 317 g/mol. The Morgan fingerprint density at radius 1 is 1.09 bits per heavy atom. The highest BCUT2D eigenvalue weighted by Crippen LogP contribution is 2.34. The minimum absolute atomic E-state index is 0.00377. The number of carbonyl (C=O) groups is 2. The first-order valence-corrected chi connectivity index (χ1v) is 7.42. The minimum atomic E-state index is -1.21. The molecule has 2 unspecified atom stereocenters. The second-order valence-corrected chi connectivity index (χ2v) is 5.70. The predicted molar refractivity (Wildman–Crippen MR) is 79.9 cm³/mol. The van der Waals surface area contributed by atoms with Crippen LogP contribution in [0.25, 0.3) is 0 Å². The molecule has 1 aromatic heterocycles. The summed E-state index contributed by atoms with van der Waals surface area (Å²) in [6, 6.07) is 9.04. The van der Waals surface area contributed by atoms with Crippen molar-refractivity contribution in [1.82, 2.24) is 5.32 Å². The third-order valence-corrected chi connectivity index (χ3v) is 4.15. The summed E-state index contributed by atoms with van der Waals surface area (Å²) in [6.07, 6.45) is 2.50. The van der Waals surface area contributed by atoms with Crippen molar-refractivity contribution >= 4 is 11.9 Å². The Hall–Kier alpha value is -2.63. The van der Waals surface area contributed by atoms with E-state index in [1.54, 1.807) is 12.1 Å². The maximum atomic E-state index is 13.0. The van der Waals surface area contributed by atoms with E-state index < -0.39 is 11.9 Å². The van der Waals surface area contributed by atoms with Crippen molar-refractivity contribution in [2.75, 3.05) is 0 Å². The number of nitrogens with one attached hydrogen (secondary N) is 1. The summed E-state index contributed by atoms with van der Waals surface area (Å²) < 4.78 is 17.9. The molecule has 1 aliphatic rings. The van der Waals surface area contributed by atoms with Gasteiger partial charge in [-0.2, -0.15) is 0 Å². The van der Waals surface area contributed by atoms with Crippen molar-refractivity contribution in [3.05, 3.63) is 59.3 Å². The van der Waals surface area contributed by atoms with Crippen LogP contribution in [0.2, 0.25) is 0 Å². The standard InChI is InChI=1S/C17H16FNO4/c18-12-4-1-10(2-5-12)11-3-6-13(9-11)19-16(20)14-7-8-15(23-14)17(21)22/h1-2,4-5,7-8,11,13H,3,6,9H2,(H,19,20)(H,21,22). The molecule has 6 heteroatoms. The number of carboxylic acid groups (broad SMARTS) is 1. The Labute approximate surface area is 132 Å². The molecule has 0 spiro atoms. The van der Waals surface area contributed by atoms with Crippen LogP contribution < -0.4 is 5.32 Å². The molecule has 1 saturated carbocycles. The number of amides is 1. The van der Waals surface area contributed by atoms with Gasteiger partial charge in [-0.05, 0) is 55.0 Å². The van der Waals surface area contributed by atoms with Crippen LogP contribution in [-0.2, 0) is 0 Å². The molecule has 0 saturated heterocycles. The molecule has 2 aromatic rings. The van der Waals surface area contributed by atoms with Crippen LogP contribution in [0.4, 0.5) is 4.39 Å². The molecule has 0 radical (unpaired) electrons. The number of carboxylic acids is 1. The van der Waals surface area contributed by atoms with Gasteiger partial charge in [-0.3, -0.25) is 4.79 Å². The zero-order valence-electron chi connectivity index (χ0n) is 12.3. The van der Waals surface area contributed by atoms with Crippen molar-refractivity contribution in [2.45, 2.75) is 31.2 Å². The van der Waals surface area contributed by atoms with Gasteiger partial charge in [-0.1, -0.05) is 12.1 Å². The van der Waals surface area contributed by atoms with Crippen LogP contribution >= 0.6 is 0 Å². The molecular weight excluding hydrogens is 301 g/mol. The quantitative estimate of drug-likeness (QED) is 0.907. The summed E-state index contributed by atoms with van der Waals surface area (Å²) in [5.74, 6) is -1.86. The summed E-state index contributed by atoms with van der Waals surface area (Å²) >= 11 is 0. The highest BCUT2D eigenvalue weighted by molar-refractivity contribution is 5.93. The molecule has 3 rings (SSSR count). The largest absolute Gasteiger partial charge is 0.475 e. The molecular formula is C17H16FNO4. The predicted octanol–water partition coefficient (Wildman–Crippen LogP) is 3.18. The van der Waals surface area contributed by atoms with E-state index in [1.807, 2.05) is 0 Å². The maximum absolute atomic E-state index is 13.0. The van der Waals surface area contributed by atoms with Crippen molar-refractivity contribution in [3.8, 4) is 0 Å². The molecule has 0 bridgehead atoms. The number of hydrogen-bond donors (Lipinski definition) is 2. The van der Waals surface area contributed by atoms with E-state index in [9.17, 15) is 14.0 Å². The van der Waals surface area contributed by atoms with Gasteiger partial charge < -0.3 is 14.8 Å². The second kappa shape index (κ2) is 6.24. The first-order chi connectivity index (χ1) is 11.0. The van der Waals surface area contributed by atoms with Gasteiger partial charge in [0.2, 0.25) is 5.76 Å². The number of halogens is 1. The van der Waals surface area contributed by atoms with Crippen molar-refractivity contribution in [2.24, 2.45) is 0 Å². The third-order valence-electron chi connectivity index (χ3n) is 4.15. The smallest absolute Gasteiger partial charge is 0.371 e. The zero-order valence-corrected chi connectivity index (χ0v) is 12.3. The van der Waals surface area contributed by atoms with Crippen LogP contribution in [0, 0.1) is 5.82 Å². The fraction of sp³-hybridized carbons (Fsp3) is 0.294. The van der Waals surface area contributed by atoms with E-state index >= 15 is 0 Å². The van der Waals surface area contributed by atoms with E-state index in [2.05, 4.69) is 5.32 Å². The van der Waals surface area contributed by atoms with E-state index in [1.165, 1.54) is 24.3 Å². The first kappa shape index (κ1) is 15.3. The number of aromatic carboxylic acids is 1. The Balaban J connectivity index is 1.59. The Morgan fingerprint density at radius 2 is 1.78 bits per heavy atom. The van der Waals surface area contributed by atoms with Crippen LogP contribution in [-0.4, -0.2) is 23.0 Å². The molecule has 23 heavy (non-hydrogen) atoms. The molecule has 120 valence electrons. The van der Waals surface area contributed by atoms with Gasteiger partial charge in [-0.25, -0.2) is 9.18 Å². The minimum Gasteiger partial charge on any atom is -0.475 e. The highest BCUT2D eigenvalue weighted by Gasteiger charge is 2.28. The van der Waals surface area contributed by atoms with Crippen molar-refractivity contribution in [3.63, 3.8) is 0 Å². The lowest BCUT2D eigenvalue weighted by Gasteiger charge is -2.13. The number of carbonyl (C=O) groups excluding carboxylic acids is 1. The summed E-state index contributed by atoms with van der Waals surface area (Å²) in [5, 5.41) is 11.7. The normalized spacial score (nSPS) is 20.4. The van der Waals surface area contributed by atoms with Gasteiger partial charge in [0, 0.05) is 6.04 Å². The van der Waals surface area contributed by atoms with Gasteiger partial charge in [0.05, 0.1) is 0 Å². The summed E-state index contributed by atoms with van der Waals surface area (Å²) in [4.78, 5) is 22.8. The Bertz CT molecular complexity index is 722. The van der Waals surface area contributed by atoms with E-state index in [0.29, 0.717) is 0 Å². The monoisotopic (exact) mass is 317 g/mol. The highest BCUT2D eigenvalue weighted by atomic mass is 19.1. The lowest BCUT2D eigenvalue weighted by molar-refractivity contribution is 0.0659. The maximum Gasteiger partial charge on any atom is 0.371 e. The van der Waals surface area contributed by atoms with Gasteiger partial charge >= 0.3 is 5.97 Å². The fourth-order valence-electron chi connectivity index (χ4n) is 2.98. The van der Waals surface area contributed by atoms with Crippen LogP contribution in [0.15, 0.2) is 40.8 Å². The molecule has 1 amide bonds. The molecule has 2 N–H and O–H groups in total.